The molecule has 0 bridgehead atoms. The first-order valence-electron chi connectivity index (χ1n) is 7.20. The molecular weight excluding hydrogens is 238 g/mol. The number of urea groups is 1. The lowest BCUT2D eigenvalue weighted by molar-refractivity contribution is 0.172. The van der Waals surface area contributed by atoms with Crippen molar-refractivity contribution in [1.82, 2.24) is 4.90 Å². The number of nitrogens with two attached hydrogens (primary N) is 1. The van der Waals surface area contributed by atoms with Crippen molar-refractivity contribution in [1.29, 1.82) is 0 Å². The van der Waals surface area contributed by atoms with E-state index in [4.69, 9.17) is 5.73 Å². The van der Waals surface area contributed by atoms with Crippen LogP contribution in [0.1, 0.15) is 40.5 Å². The molecule has 0 radical (unpaired) electrons. The number of hydrogen-bond donors (Lipinski definition) is 1. The lowest BCUT2D eigenvalue weighted by Crippen LogP contribution is -2.48. The van der Waals surface area contributed by atoms with Crippen LogP contribution in [0.25, 0.3) is 0 Å². The van der Waals surface area contributed by atoms with Crippen molar-refractivity contribution in [2.75, 3.05) is 6.54 Å². The van der Waals surface area contributed by atoms with Gasteiger partial charge in [-0.3, -0.25) is 0 Å². The van der Waals surface area contributed by atoms with Crippen molar-refractivity contribution in [2.24, 2.45) is 28.5 Å². The molecule has 4 heteroatoms. The second-order valence-electron chi connectivity index (χ2n) is 6.50. The second kappa shape index (κ2) is 5.35. The summed E-state index contributed by atoms with van der Waals surface area (Å²) in [5, 5.41) is 0. The fourth-order valence-corrected chi connectivity index (χ4v) is 3.44. The van der Waals surface area contributed by atoms with Gasteiger partial charge in [0, 0.05) is 6.54 Å². The molecule has 1 aliphatic carbocycles. The van der Waals surface area contributed by atoms with Gasteiger partial charge in [0.2, 0.25) is 0 Å². The van der Waals surface area contributed by atoms with Crippen molar-refractivity contribution in [3.05, 3.63) is 11.6 Å². The molecule has 0 aromatic carbocycles. The van der Waals surface area contributed by atoms with Gasteiger partial charge in [0.05, 0.1) is 6.04 Å². The number of carbonyl (C=O) groups excluding carboxylic acids is 1. The third kappa shape index (κ3) is 2.99. The number of hydrogen-bond acceptors (Lipinski definition) is 2. The van der Waals surface area contributed by atoms with Gasteiger partial charge in [0.15, 0.2) is 0 Å². The van der Waals surface area contributed by atoms with Crippen LogP contribution in [0.4, 0.5) is 4.79 Å². The van der Waals surface area contributed by atoms with E-state index in [1.807, 2.05) is 4.90 Å². The first-order valence-corrected chi connectivity index (χ1v) is 7.20. The summed E-state index contributed by atoms with van der Waals surface area (Å²) in [4.78, 5) is 17.8. The van der Waals surface area contributed by atoms with Crippen LogP contribution in [-0.2, 0) is 0 Å². The van der Waals surface area contributed by atoms with Crippen LogP contribution in [0.3, 0.4) is 0 Å². The van der Waals surface area contributed by atoms with Gasteiger partial charge in [0.1, 0.15) is 5.84 Å². The Kier molecular flexibility index (Phi) is 3.97. The highest BCUT2D eigenvalue weighted by molar-refractivity contribution is 6.03. The van der Waals surface area contributed by atoms with E-state index in [2.05, 4.69) is 38.8 Å². The molecule has 0 fully saturated rings. The van der Waals surface area contributed by atoms with Crippen molar-refractivity contribution < 1.29 is 4.79 Å². The number of amidine groups is 1. The lowest BCUT2D eigenvalue weighted by atomic mass is 9.79. The Labute approximate surface area is 115 Å². The zero-order valence-electron chi connectivity index (χ0n) is 12.4. The molecule has 1 heterocycles. The number of aliphatic imine (C=N–C) groups is 1. The minimum absolute atomic E-state index is 0.000926. The summed E-state index contributed by atoms with van der Waals surface area (Å²) >= 11 is 0. The molecule has 2 N–H and O–H groups in total. The maximum atomic E-state index is 12.0. The first-order chi connectivity index (χ1) is 8.88. The monoisotopic (exact) mass is 263 g/mol. The molecule has 2 aliphatic rings. The molecule has 0 aromatic rings. The number of amides is 2. The van der Waals surface area contributed by atoms with Crippen molar-refractivity contribution in [3.63, 3.8) is 0 Å². The average molecular weight is 263 g/mol. The van der Waals surface area contributed by atoms with Gasteiger partial charge in [-0.2, -0.15) is 4.99 Å². The summed E-state index contributed by atoms with van der Waals surface area (Å²) in [6, 6.07) is -0.156. The SMILES string of the molecule is CC1=CC(C)CC(C2C(N)=NC(=O)N2CC(C)C)C1. The summed E-state index contributed by atoms with van der Waals surface area (Å²) in [5.41, 5.74) is 7.43. The maximum absolute atomic E-state index is 12.0. The summed E-state index contributed by atoms with van der Waals surface area (Å²) in [7, 11) is 0. The maximum Gasteiger partial charge on any atom is 0.345 e. The van der Waals surface area contributed by atoms with E-state index in [9.17, 15) is 4.79 Å². The topological polar surface area (TPSA) is 58.7 Å². The van der Waals surface area contributed by atoms with Gasteiger partial charge < -0.3 is 10.6 Å². The molecule has 3 unspecified atom stereocenters. The van der Waals surface area contributed by atoms with Crippen molar-refractivity contribution in [2.45, 2.75) is 46.6 Å². The number of nitrogens with zero attached hydrogens (tertiary/aromatic N) is 2. The highest BCUT2D eigenvalue weighted by Gasteiger charge is 2.40. The Morgan fingerprint density at radius 3 is 2.79 bits per heavy atom. The summed E-state index contributed by atoms with van der Waals surface area (Å²) in [6.45, 7) is 9.37. The van der Waals surface area contributed by atoms with Crippen LogP contribution in [0, 0.1) is 17.8 Å². The highest BCUT2D eigenvalue weighted by Crippen LogP contribution is 2.34. The van der Waals surface area contributed by atoms with Crippen molar-refractivity contribution >= 4 is 11.9 Å². The van der Waals surface area contributed by atoms with Crippen LogP contribution in [0.2, 0.25) is 0 Å². The minimum Gasteiger partial charge on any atom is -0.385 e. The fourth-order valence-electron chi connectivity index (χ4n) is 3.44. The standard InChI is InChI=1S/C15H25N3O/c1-9(2)8-18-13(14(16)17-15(18)19)12-6-10(3)5-11(4)7-12/h5,9-10,12-13H,6-8H2,1-4H3,(H2,16,17,19). The van der Waals surface area contributed by atoms with Crippen LogP contribution in [0.5, 0.6) is 0 Å². The summed E-state index contributed by atoms with van der Waals surface area (Å²) < 4.78 is 0. The van der Waals surface area contributed by atoms with Gasteiger partial charge in [0.25, 0.3) is 0 Å². The van der Waals surface area contributed by atoms with Gasteiger partial charge in [-0.15, -0.1) is 0 Å². The quantitative estimate of drug-likeness (QED) is 0.796. The molecule has 0 saturated carbocycles. The van der Waals surface area contributed by atoms with E-state index in [0.29, 0.717) is 23.6 Å². The second-order valence-corrected chi connectivity index (χ2v) is 6.50. The lowest BCUT2D eigenvalue weighted by Gasteiger charge is -2.35. The summed E-state index contributed by atoms with van der Waals surface area (Å²) in [6.07, 6.45) is 4.43. The third-order valence-electron chi connectivity index (χ3n) is 3.95. The molecule has 0 spiro atoms. The minimum atomic E-state index is -0.156. The number of allylic oxidation sites excluding steroid dienone is 2. The largest absolute Gasteiger partial charge is 0.385 e. The van der Waals surface area contributed by atoms with E-state index in [-0.39, 0.29) is 12.1 Å². The van der Waals surface area contributed by atoms with Crippen LogP contribution >= 0.6 is 0 Å². The molecule has 19 heavy (non-hydrogen) atoms. The molecule has 2 amide bonds. The smallest absolute Gasteiger partial charge is 0.345 e. The Bertz CT molecular complexity index is 425. The number of carbonyl (C=O) groups is 1. The van der Waals surface area contributed by atoms with Gasteiger partial charge in [-0.25, -0.2) is 4.79 Å². The molecule has 4 nitrogen and oxygen atoms in total. The average Bonchev–Trinajstić information content (AvgIpc) is 2.51. The number of rotatable bonds is 3. The zero-order valence-corrected chi connectivity index (χ0v) is 12.4. The van der Waals surface area contributed by atoms with E-state index in [1.165, 1.54) is 5.57 Å². The van der Waals surface area contributed by atoms with E-state index < -0.39 is 0 Å². The Morgan fingerprint density at radius 2 is 2.21 bits per heavy atom. The molecule has 106 valence electrons. The van der Waals surface area contributed by atoms with E-state index in [0.717, 1.165) is 19.4 Å². The summed E-state index contributed by atoms with van der Waals surface area (Å²) in [5.74, 6) is 1.92. The van der Waals surface area contributed by atoms with Gasteiger partial charge in [-0.05, 0) is 37.5 Å². The normalized spacial score (nSPS) is 31.7. The van der Waals surface area contributed by atoms with Crippen LogP contribution in [0.15, 0.2) is 16.6 Å². The van der Waals surface area contributed by atoms with Gasteiger partial charge >= 0.3 is 6.03 Å². The molecule has 3 atom stereocenters. The molecule has 2 rings (SSSR count). The predicted molar refractivity (Wildman–Crippen MR) is 78.0 cm³/mol. The Balaban J connectivity index is 2.19. The van der Waals surface area contributed by atoms with E-state index >= 15 is 0 Å². The zero-order chi connectivity index (χ0) is 14.2. The molecule has 0 aromatic heterocycles. The van der Waals surface area contributed by atoms with Crippen LogP contribution < -0.4 is 5.73 Å². The first kappa shape index (κ1) is 14.1. The molecule has 0 saturated heterocycles. The van der Waals surface area contributed by atoms with E-state index in [1.54, 1.807) is 0 Å². The molecule has 1 aliphatic heterocycles. The Hall–Kier alpha value is -1.32. The third-order valence-corrected chi connectivity index (χ3v) is 3.95. The Morgan fingerprint density at radius 1 is 1.53 bits per heavy atom. The fraction of sp³-hybridized carbons (Fsp3) is 0.733. The van der Waals surface area contributed by atoms with Crippen LogP contribution in [-0.4, -0.2) is 29.4 Å². The predicted octanol–water partition coefficient (Wildman–Crippen LogP) is 2.80. The van der Waals surface area contributed by atoms with Gasteiger partial charge in [-0.1, -0.05) is 32.4 Å². The highest BCUT2D eigenvalue weighted by atomic mass is 16.2. The molecular formula is C15H25N3O. The van der Waals surface area contributed by atoms with Crippen molar-refractivity contribution in [3.8, 4) is 0 Å².